The molecule has 102 valence electrons. The minimum atomic E-state index is 0.365. The zero-order chi connectivity index (χ0) is 14.1. The number of nitrogen functional groups attached to an aromatic ring is 1. The standard InChI is InChI=1S/C14H14BrN5/c15-10-2-1-3-11(6-10)20-13(17)12(7-16)14(19-20)18-8-9-4-5-9/h1-3,6,9H,4-5,8,17H2,(H,18,19). The molecule has 0 amide bonds. The Morgan fingerprint density at radius 3 is 2.95 bits per heavy atom. The lowest BCUT2D eigenvalue weighted by Crippen LogP contribution is -2.05. The highest BCUT2D eigenvalue weighted by Crippen LogP contribution is 2.30. The van der Waals surface area contributed by atoms with Gasteiger partial charge in [-0.25, -0.2) is 4.68 Å². The quantitative estimate of drug-likeness (QED) is 0.902. The summed E-state index contributed by atoms with van der Waals surface area (Å²) in [5.74, 6) is 1.64. The summed E-state index contributed by atoms with van der Waals surface area (Å²) in [4.78, 5) is 0. The van der Waals surface area contributed by atoms with Crippen molar-refractivity contribution in [1.29, 1.82) is 5.26 Å². The van der Waals surface area contributed by atoms with Crippen LogP contribution in [0.5, 0.6) is 0 Å². The molecule has 2 aromatic rings. The van der Waals surface area contributed by atoms with E-state index >= 15 is 0 Å². The van der Waals surface area contributed by atoms with Gasteiger partial charge in [-0.2, -0.15) is 5.26 Å². The average molecular weight is 332 g/mol. The highest BCUT2D eigenvalue weighted by molar-refractivity contribution is 9.10. The van der Waals surface area contributed by atoms with E-state index in [1.807, 2.05) is 24.3 Å². The van der Waals surface area contributed by atoms with Crippen LogP contribution in [0.3, 0.4) is 0 Å². The van der Waals surface area contributed by atoms with Gasteiger partial charge >= 0.3 is 0 Å². The maximum absolute atomic E-state index is 9.26. The molecule has 1 heterocycles. The molecule has 0 radical (unpaired) electrons. The zero-order valence-corrected chi connectivity index (χ0v) is 12.4. The van der Waals surface area contributed by atoms with E-state index in [4.69, 9.17) is 5.73 Å². The molecule has 1 aromatic carbocycles. The molecular formula is C14H14BrN5. The minimum Gasteiger partial charge on any atom is -0.382 e. The molecule has 1 saturated carbocycles. The monoisotopic (exact) mass is 331 g/mol. The van der Waals surface area contributed by atoms with Crippen LogP contribution in [0.4, 0.5) is 11.6 Å². The Hall–Kier alpha value is -2.00. The van der Waals surface area contributed by atoms with Crippen LogP contribution in [0.15, 0.2) is 28.7 Å². The van der Waals surface area contributed by atoms with Crippen molar-refractivity contribution in [2.45, 2.75) is 12.8 Å². The van der Waals surface area contributed by atoms with Crippen molar-refractivity contribution in [3.63, 3.8) is 0 Å². The molecule has 1 aliphatic rings. The van der Waals surface area contributed by atoms with E-state index in [0.29, 0.717) is 23.1 Å². The summed E-state index contributed by atoms with van der Waals surface area (Å²) in [5.41, 5.74) is 7.28. The third-order valence-electron chi connectivity index (χ3n) is 3.34. The molecule has 6 heteroatoms. The number of nitriles is 1. The van der Waals surface area contributed by atoms with E-state index < -0.39 is 0 Å². The van der Waals surface area contributed by atoms with Crippen molar-refractivity contribution < 1.29 is 0 Å². The third kappa shape index (κ3) is 2.49. The van der Waals surface area contributed by atoms with E-state index in [2.05, 4.69) is 32.4 Å². The number of halogens is 1. The van der Waals surface area contributed by atoms with Crippen LogP contribution >= 0.6 is 15.9 Å². The van der Waals surface area contributed by atoms with Gasteiger partial charge in [0.25, 0.3) is 0 Å². The predicted octanol–water partition coefficient (Wildman–Crippen LogP) is 2.91. The number of nitrogens with two attached hydrogens (primary N) is 1. The summed E-state index contributed by atoms with van der Waals surface area (Å²) in [5, 5.41) is 16.9. The normalized spacial score (nSPS) is 14.0. The molecule has 5 nitrogen and oxygen atoms in total. The van der Waals surface area contributed by atoms with E-state index in [9.17, 15) is 5.26 Å². The molecule has 0 aliphatic heterocycles. The second-order valence-electron chi connectivity index (χ2n) is 4.94. The molecule has 3 rings (SSSR count). The van der Waals surface area contributed by atoms with Crippen LogP contribution in [0, 0.1) is 17.2 Å². The summed E-state index contributed by atoms with van der Waals surface area (Å²) in [6.07, 6.45) is 2.49. The number of nitrogens with zero attached hydrogens (tertiary/aromatic N) is 3. The predicted molar refractivity (Wildman–Crippen MR) is 81.6 cm³/mol. The Bertz CT molecular complexity index is 681. The summed E-state index contributed by atoms with van der Waals surface area (Å²) >= 11 is 3.42. The molecule has 1 aromatic heterocycles. The average Bonchev–Trinajstić information content (AvgIpc) is 3.20. The lowest BCUT2D eigenvalue weighted by molar-refractivity contribution is 0.854. The molecule has 0 atom stereocenters. The van der Waals surface area contributed by atoms with Crippen molar-refractivity contribution in [2.24, 2.45) is 5.92 Å². The van der Waals surface area contributed by atoms with E-state index in [1.165, 1.54) is 12.8 Å². The number of benzene rings is 1. The summed E-state index contributed by atoms with van der Waals surface area (Å²) < 4.78 is 2.54. The van der Waals surface area contributed by atoms with Gasteiger partial charge in [0.1, 0.15) is 17.5 Å². The van der Waals surface area contributed by atoms with E-state index in [1.54, 1.807) is 4.68 Å². The number of hydrogen-bond donors (Lipinski definition) is 2. The molecule has 20 heavy (non-hydrogen) atoms. The molecule has 0 bridgehead atoms. The molecule has 1 aliphatic carbocycles. The summed E-state index contributed by atoms with van der Waals surface area (Å²) in [6, 6.07) is 9.78. The number of rotatable bonds is 4. The van der Waals surface area contributed by atoms with Gasteiger partial charge < -0.3 is 11.1 Å². The summed E-state index contributed by atoms with van der Waals surface area (Å²) in [7, 11) is 0. The van der Waals surface area contributed by atoms with Crippen molar-refractivity contribution >= 4 is 27.6 Å². The van der Waals surface area contributed by atoms with Crippen molar-refractivity contribution in [3.05, 3.63) is 34.3 Å². The Balaban J connectivity index is 1.96. The van der Waals surface area contributed by atoms with Crippen LogP contribution in [0.25, 0.3) is 5.69 Å². The van der Waals surface area contributed by atoms with Crippen molar-refractivity contribution in [1.82, 2.24) is 9.78 Å². The van der Waals surface area contributed by atoms with E-state index in [0.717, 1.165) is 16.7 Å². The highest BCUT2D eigenvalue weighted by atomic mass is 79.9. The van der Waals surface area contributed by atoms with Gasteiger partial charge in [0.15, 0.2) is 5.82 Å². The topological polar surface area (TPSA) is 79.7 Å². The first kappa shape index (κ1) is 13.0. The highest BCUT2D eigenvalue weighted by Gasteiger charge is 2.23. The lowest BCUT2D eigenvalue weighted by atomic mass is 10.3. The van der Waals surface area contributed by atoms with Gasteiger partial charge in [-0.15, -0.1) is 5.10 Å². The SMILES string of the molecule is N#Cc1c(NCC2CC2)nn(-c2cccc(Br)c2)c1N. The Morgan fingerprint density at radius 2 is 2.30 bits per heavy atom. The van der Waals surface area contributed by atoms with Gasteiger partial charge in [0, 0.05) is 11.0 Å². The molecule has 0 unspecified atom stereocenters. The lowest BCUT2D eigenvalue weighted by Gasteiger charge is -2.04. The fourth-order valence-corrected chi connectivity index (χ4v) is 2.42. The fourth-order valence-electron chi connectivity index (χ4n) is 2.03. The zero-order valence-electron chi connectivity index (χ0n) is 10.8. The Morgan fingerprint density at radius 1 is 1.50 bits per heavy atom. The van der Waals surface area contributed by atoms with Crippen molar-refractivity contribution in [2.75, 3.05) is 17.6 Å². The second-order valence-corrected chi connectivity index (χ2v) is 5.85. The number of hydrogen-bond acceptors (Lipinski definition) is 4. The van der Waals surface area contributed by atoms with Crippen LogP contribution in [-0.2, 0) is 0 Å². The maximum atomic E-state index is 9.26. The first-order valence-corrected chi connectivity index (χ1v) is 7.26. The Labute approximate surface area is 125 Å². The first-order valence-electron chi connectivity index (χ1n) is 6.47. The van der Waals surface area contributed by atoms with Gasteiger partial charge in [0.2, 0.25) is 0 Å². The van der Waals surface area contributed by atoms with Crippen LogP contribution < -0.4 is 11.1 Å². The van der Waals surface area contributed by atoms with Crippen molar-refractivity contribution in [3.8, 4) is 11.8 Å². The fraction of sp³-hybridized carbons (Fsp3) is 0.286. The van der Waals surface area contributed by atoms with Crippen LogP contribution in [-0.4, -0.2) is 16.3 Å². The van der Waals surface area contributed by atoms with Crippen LogP contribution in [0.2, 0.25) is 0 Å². The van der Waals surface area contributed by atoms with E-state index in [-0.39, 0.29) is 0 Å². The largest absolute Gasteiger partial charge is 0.382 e. The second kappa shape index (κ2) is 5.17. The molecule has 1 fully saturated rings. The maximum Gasteiger partial charge on any atom is 0.168 e. The molecule has 0 saturated heterocycles. The molecule has 0 spiro atoms. The number of anilines is 2. The Kier molecular flexibility index (Phi) is 3.36. The van der Waals surface area contributed by atoms with Crippen LogP contribution in [0.1, 0.15) is 18.4 Å². The molecular weight excluding hydrogens is 318 g/mol. The summed E-state index contributed by atoms with van der Waals surface area (Å²) in [6.45, 7) is 0.851. The molecule has 3 N–H and O–H groups in total. The first-order chi connectivity index (χ1) is 9.69. The number of nitrogens with one attached hydrogen (secondary N) is 1. The number of aromatic nitrogens is 2. The third-order valence-corrected chi connectivity index (χ3v) is 3.83. The van der Waals surface area contributed by atoms with Gasteiger partial charge in [-0.3, -0.25) is 0 Å². The van der Waals surface area contributed by atoms with Gasteiger partial charge in [0.05, 0.1) is 5.69 Å². The van der Waals surface area contributed by atoms with Gasteiger partial charge in [-0.1, -0.05) is 22.0 Å². The smallest absolute Gasteiger partial charge is 0.168 e. The van der Waals surface area contributed by atoms with Gasteiger partial charge in [-0.05, 0) is 37.0 Å². The minimum absolute atomic E-state index is 0.365.